The lowest BCUT2D eigenvalue weighted by Crippen LogP contribution is -2.42. The monoisotopic (exact) mass is 493 g/mol. The van der Waals surface area contributed by atoms with E-state index in [-0.39, 0.29) is 5.91 Å². The predicted molar refractivity (Wildman–Crippen MR) is 135 cm³/mol. The zero-order valence-electron chi connectivity index (χ0n) is 19.9. The van der Waals surface area contributed by atoms with Crippen molar-refractivity contribution in [1.82, 2.24) is 4.90 Å². The maximum Gasteiger partial charge on any atom is 0.222 e. The van der Waals surface area contributed by atoms with Crippen molar-refractivity contribution < 1.29 is 22.7 Å². The van der Waals surface area contributed by atoms with Gasteiger partial charge in [-0.25, -0.2) is 8.42 Å². The fraction of sp³-hybridized carbons (Fsp3) is 0.321. The number of ether oxygens (including phenoxy) is 2. The second-order valence-corrected chi connectivity index (χ2v) is 11.0. The van der Waals surface area contributed by atoms with Gasteiger partial charge in [-0.05, 0) is 66.8 Å². The van der Waals surface area contributed by atoms with Gasteiger partial charge < -0.3 is 14.4 Å². The second kappa shape index (κ2) is 11.4. The summed E-state index contributed by atoms with van der Waals surface area (Å²) in [5.74, 6) is 1.46. The number of hydrogen-bond donors (Lipinski definition) is 0. The van der Waals surface area contributed by atoms with Gasteiger partial charge in [-0.3, -0.25) is 4.79 Å². The number of carbonyl (C=O) groups is 1. The summed E-state index contributed by atoms with van der Waals surface area (Å²) in [7, 11) is -1.88. The Kier molecular flexibility index (Phi) is 8.08. The molecule has 1 aliphatic rings. The van der Waals surface area contributed by atoms with Gasteiger partial charge in [0.1, 0.15) is 18.1 Å². The molecule has 0 spiro atoms. The van der Waals surface area contributed by atoms with Crippen LogP contribution in [0.2, 0.25) is 0 Å². The minimum absolute atomic E-state index is 0.0564. The Morgan fingerprint density at radius 2 is 1.57 bits per heavy atom. The number of aryl methyl sites for hydroxylation is 1. The van der Waals surface area contributed by atoms with E-state index in [9.17, 15) is 13.2 Å². The summed E-state index contributed by atoms with van der Waals surface area (Å²) >= 11 is 0. The maximum atomic E-state index is 13.0. The molecule has 0 atom stereocenters. The highest BCUT2D eigenvalue weighted by Crippen LogP contribution is 2.26. The third-order valence-corrected chi connectivity index (χ3v) is 8.67. The van der Waals surface area contributed by atoms with Gasteiger partial charge >= 0.3 is 0 Å². The number of amides is 1. The van der Waals surface area contributed by atoms with Gasteiger partial charge in [0.05, 0.1) is 17.3 Å². The minimum atomic E-state index is -3.43. The van der Waals surface area contributed by atoms with Crippen LogP contribution < -0.4 is 9.47 Å². The van der Waals surface area contributed by atoms with E-state index in [1.54, 1.807) is 36.3 Å². The van der Waals surface area contributed by atoms with Crippen LogP contribution in [0.5, 0.6) is 11.5 Å². The summed E-state index contributed by atoms with van der Waals surface area (Å²) in [6.45, 7) is 1.41. The lowest BCUT2D eigenvalue weighted by Gasteiger charge is -2.32. The Hall–Kier alpha value is -3.32. The standard InChI is InChI=1S/C28H31NO5S/c1-33-24-11-13-26(14-12-24)35(31,32)27-16-18-29(19-17-27)28(30)15-10-22-8-5-9-25(20-22)34-21-23-6-3-2-4-7-23/h2-9,11-14,20,27H,10,15-19,21H2,1H3. The van der Waals surface area contributed by atoms with Gasteiger partial charge in [-0.1, -0.05) is 42.5 Å². The average Bonchev–Trinajstić information content (AvgIpc) is 2.91. The first-order valence-corrected chi connectivity index (χ1v) is 13.4. The number of methoxy groups -OCH3 is 1. The van der Waals surface area contributed by atoms with Crippen molar-refractivity contribution in [2.45, 2.75) is 42.4 Å². The molecule has 3 aromatic rings. The summed E-state index contributed by atoms with van der Waals surface area (Å²) in [6.07, 6.45) is 1.90. The van der Waals surface area contributed by atoms with E-state index < -0.39 is 15.1 Å². The Morgan fingerprint density at radius 1 is 0.886 bits per heavy atom. The predicted octanol–water partition coefficient (Wildman–Crippen LogP) is 4.67. The van der Waals surface area contributed by atoms with Crippen molar-refractivity contribution in [2.75, 3.05) is 20.2 Å². The Bertz CT molecular complexity index is 1220. The van der Waals surface area contributed by atoms with Gasteiger partial charge in [0.15, 0.2) is 9.84 Å². The van der Waals surface area contributed by atoms with E-state index in [1.807, 2.05) is 54.6 Å². The smallest absolute Gasteiger partial charge is 0.222 e. The summed E-state index contributed by atoms with van der Waals surface area (Å²) in [4.78, 5) is 14.9. The zero-order valence-corrected chi connectivity index (χ0v) is 20.7. The molecule has 35 heavy (non-hydrogen) atoms. The first-order valence-electron chi connectivity index (χ1n) is 11.9. The van der Waals surface area contributed by atoms with Crippen molar-refractivity contribution in [1.29, 1.82) is 0 Å². The third-order valence-electron chi connectivity index (χ3n) is 6.40. The van der Waals surface area contributed by atoms with Crippen LogP contribution in [0.15, 0.2) is 83.8 Å². The molecule has 0 saturated carbocycles. The molecule has 0 aliphatic carbocycles. The number of carbonyl (C=O) groups excluding carboxylic acids is 1. The fourth-order valence-electron chi connectivity index (χ4n) is 4.31. The van der Waals surface area contributed by atoms with Crippen molar-refractivity contribution in [3.63, 3.8) is 0 Å². The fourth-order valence-corrected chi connectivity index (χ4v) is 6.05. The second-order valence-electron chi connectivity index (χ2n) is 8.72. The zero-order chi connectivity index (χ0) is 24.7. The topological polar surface area (TPSA) is 72.9 Å². The normalized spacial score (nSPS) is 14.5. The molecular weight excluding hydrogens is 462 g/mol. The lowest BCUT2D eigenvalue weighted by molar-refractivity contribution is -0.132. The summed E-state index contributed by atoms with van der Waals surface area (Å²) in [5, 5.41) is -0.474. The molecule has 1 saturated heterocycles. The molecule has 0 N–H and O–H groups in total. The summed E-state index contributed by atoms with van der Waals surface area (Å²) in [5.41, 5.74) is 2.14. The first-order chi connectivity index (χ1) is 17.0. The van der Waals surface area contributed by atoms with Gasteiger partial charge in [0, 0.05) is 19.5 Å². The van der Waals surface area contributed by atoms with Crippen LogP contribution in [-0.2, 0) is 27.7 Å². The summed E-state index contributed by atoms with van der Waals surface area (Å²) in [6, 6.07) is 24.3. The van der Waals surface area contributed by atoms with Gasteiger partial charge in [0.2, 0.25) is 5.91 Å². The molecule has 0 bridgehead atoms. The van der Waals surface area contributed by atoms with E-state index in [0.717, 1.165) is 16.9 Å². The molecule has 4 rings (SSSR count). The molecule has 7 heteroatoms. The highest BCUT2D eigenvalue weighted by Gasteiger charge is 2.32. The van der Waals surface area contributed by atoms with E-state index >= 15 is 0 Å². The number of likely N-dealkylation sites (tertiary alicyclic amines) is 1. The van der Waals surface area contributed by atoms with Crippen molar-refractivity contribution >= 4 is 15.7 Å². The number of benzene rings is 3. The number of piperidine rings is 1. The average molecular weight is 494 g/mol. The Morgan fingerprint density at radius 3 is 2.26 bits per heavy atom. The van der Waals surface area contributed by atoms with E-state index in [4.69, 9.17) is 9.47 Å². The van der Waals surface area contributed by atoms with Gasteiger partial charge in [-0.15, -0.1) is 0 Å². The number of nitrogens with zero attached hydrogens (tertiary/aromatic N) is 1. The maximum absolute atomic E-state index is 13.0. The Labute approximate surface area is 207 Å². The van der Waals surface area contributed by atoms with Crippen LogP contribution in [0.25, 0.3) is 0 Å². The first kappa shape index (κ1) is 24.8. The third kappa shape index (κ3) is 6.42. The molecule has 0 radical (unpaired) electrons. The van der Waals surface area contributed by atoms with Gasteiger partial charge in [0.25, 0.3) is 0 Å². The van der Waals surface area contributed by atoms with Gasteiger partial charge in [-0.2, -0.15) is 0 Å². The van der Waals surface area contributed by atoms with Crippen LogP contribution in [0.4, 0.5) is 0 Å². The highest BCUT2D eigenvalue weighted by molar-refractivity contribution is 7.92. The largest absolute Gasteiger partial charge is 0.497 e. The van der Waals surface area contributed by atoms with Crippen molar-refractivity contribution in [3.8, 4) is 11.5 Å². The van der Waals surface area contributed by atoms with Crippen molar-refractivity contribution in [3.05, 3.63) is 90.0 Å². The molecule has 1 aliphatic heterocycles. The highest BCUT2D eigenvalue weighted by atomic mass is 32.2. The minimum Gasteiger partial charge on any atom is -0.497 e. The van der Waals surface area contributed by atoms with Crippen LogP contribution in [0.3, 0.4) is 0 Å². The molecule has 1 amide bonds. The van der Waals surface area contributed by atoms with E-state index in [2.05, 4.69) is 0 Å². The van der Waals surface area contributed by atoms with Crippen molar-refractivity contribution in [2.24, 2.45) is 0 Å². The molecule has 0 unspecified atom stereocenters. The SMILES string of the molecule is COc1ccc(S(=O)(=O)C2CCN(C(=O)CCc3cccc(OCc4ccccc4)c3)CC2)cc1. The van der Waals surface area contributed by atoms with Crippen LogP contribution >= 0.6 is 0 Å². The van der Waals surface area contributed by atoms with Crippen LogP contribution in [0.1, 0.15) is 30.4 Å². The quantitative estimate of drug-likeness (QED) is 0.433. The van der Waals surface area contributed by atoms with E-state index in [0.29, 0.717) is 56.0 Å². The molecule has 3 aromatic carbocycles. The van der Waals surface area contributed by atoms with Crippen LogP contribution in [-0.4, -0.2) is 44.7 Å². The molecule has 0 aromatic heterocycles. The number of rotatable bonds is 9. The molecule has 1 heterocycles. The lowest BCUT2D eigenvalue weighted by atomic mass is 10.1. The molecule has 6 nitrogen and oxygen atoms in total. The number of sulfone groups is 1. The molecule has 1 fully saturated rings. The summed E-state index contributed by atoms with van der Waals surface area (Å²) < 4.78 is 37.0. The molecule has 184 valence electrons. The number of hydrogen-bond acceptors (Lipinski definition) is 5. The molecular formula is C28H31NO5S. The van der Waals surface area contributed by atoms with Crippen LogP contribution in [0, 0.1) is 0 Å². The van der Waals surface area contributed by atoms with E-state index in [1.165, 1.54) is 0 Å². The Balaban J connectivity index is 1.26.